The van der Waals surface area contributed by atoms with E-state index in [0.29, 0.717) is 0 Å². The van der Waals surface area contributed by atoms with Gasteiger partial charge in [-0.1, -0.05) is 78.9 Å². The van der Waals surface area contributed by atoms with Crippen LogP contribution in [0.3, 0.4) is 0 Å². The van der Waals surface area contributed by atoms with E-state index in [2.05, 4.69) is 119 Å². The van der Waals surface area contributed by atoms with E-state index in [1.54, 1.807) is 0 Å². The number of para-hydroxylation sites is 1. The zero-order valence-corrected chi connectivity index (χ0v) is 14.3. The number of hydrogen-bond acceptors (Lipinski definition) is 2. The molecule has 0 amide bonds. The predicted molar refractivity (Wildman–Crippen MR) is 109 cm³/mol. The number of benzene rings is 3. The third-order valence-corrected chi connectivity index (χ3v) is 4.80. The van der Waals surface area contributed by atoms with Gasteiger partial charge in [0, 0.05) is 29.1 Å². The van der Waals surface area contributed by atoms with Crippen LogP contribution in [0.4, 0.5) is 5.69 Å². The summed E-state index contributed by atoms with van der Waals surface area (Å²) in [6.45, 7) is 0. The molecule has 0 atom stereocenters. The van der Waals surface area contributed by atoms with Gasteiger partial charge in [0.05, 0.1) is 11.4 Å². The molecule has 0 unspecified atom stereocenters. The Labute approximate surface area is 153 Å². The average Bonchev–Trinajstić information content (AvgIpc) is 2.74. The van der Waals surface area contributed by atoms with Crippen LogP contribution >= 0.6 is 0 Å². The highest BCUT2D eigenvalue weighted by molar-refractivity contribution is 6.02. The molecule has 2 nitrogen and oxygen atoms in total. The number of hydrogen-bond donors (Lipinski definition) is 0. The van der Waals surface area contributed by atoms with E-state index in [1.807, 2.05) is 0 Å². The molecule has 2 aliphatic rings. The molecule has 0 radical (unpaired) electrons. The summed E-state index contributed by atoms with van der Waals surface area (Å²) >= 11 is 0. The van der Waals surface area contributed by atoms with Gasteiger partial charge in [-0.05, 0) is 23.8 Å². The first-order valence-electron chi connectivity index (χ1n) is 8.81. The predicted octanol–water partition coefficient (Wildman–Crippen LogP) is 5.79. The quantitative estimate of drug-likeness (QED) is 0.585. The SMILES string of the molecule is C1=CN2C=Cc3ccccc3N2C(c2ccccc2)=C1c1ccccc1. The Morgan fingerprint density at radius 3 is 1.92 bits per heavy atom. The molecule has 26 heavy (non-hydrogen) atoms. The highest BCUT2D eigenvalue weighted by atomic mass is 15.6. The number of rotatable bonds is 2. The first-order valence-corrected chi connectivity index (χ1v) is 8.81. The Kier molecular flexibility index (Phi) is 3.46. The Morgan fingerprint density at radius 1 is 0.538 bits per heavy atom. The van der Waals surface area contributed by atoms with Crippen LogP contribution in [0.2, 0.25) is 0 Å². The second-order valence-corrected chi connectivity index (χ2v) is 6.38. The molecule has 5 rings (SSSR count). The van der Waals surface area contributed by atoms with Gasteiger partial charge in [0.25, 0.3) is 0 Å². The molecule has 2 aliphatic heterocycles. The third kappa shape index (κ3) is 2.35. The van der Waals surface area contributed by atoms with Crippen molar-refractivity contribution in [3.8, 4) is 0 Å². The summed E-state index contributed by atoms with van der Waals surface area (Å²) in [5, 5.41) is 4.45. The number of hydrazine groups is 1. The summed E-state index contributed by atoms with van der Waals surface area (Å²) in [4.78, 5) is 0. The van der Waals surface area contributed by atoms with Crippen LogP contribution < -0.4 is 5.01 Å². The Bertz CT molecular complexity index is 1030. The van der Waals surface area contributed by atoms with Crippen LogP contribution in [0, 0.1) is 0 Å². The minimum absolute atomic E-state index is 1.19. The van der Waals surface area contributed by atoms with Crippen LogP contribution in [0.5, 0.6) is 0 Å². The third-order valence-electron chi connectivity index (χ3n) is 4.80. The Hall–Kier alpha value is -3.52. The van der Waals surface area contributed by atoms with Gasteiger partial charge in [0.1, 0.15) is 0 Å². The molecule has 0 saturated heterocycles. The first-order chi connectivity index (χ1) is 12.9. The lowest BCUT2D eigenvalue weighted by Gasteiger charge is -2.42. The van der Waals surface area contributed by atoms with Crippen molar-refractivity contribution in [3.05, 3.63) is 120 Å². The van der Waals surface area contributed by atoms with Crippen LogP contribution in [0.15, 0.2) is 103 Å². The summed E-state index contributed by atoms with van der Waals surface area (Å²) in [6.07, 6.45) is 8.60. The molecule has 0 saturated carbocycles. The fraction of sp³-hybridized carbons (Fsp3) is 0. The van der Waals surface area contributed by atoms with E-state index in [1.165, 1.54) is 33.6 Å². The fourth-order valence-corrected chi connectivity index (χ4v) is 3.59. The molecule has 0 aromatic heterocycles. The van der Waals surface area contributed by atoms with Crippen LogP contribution in [0.25, 0.3) is 17.3 Å². The first kappa shape index (κ1) is 14.8. The van der Waals surface area contributed by atoms with Crippen LogP contribution in [-0.4, -0.2) is 5.01 Å². The number of allylic oxidation sites excluding steroid dienone is 2. The van der Waals surface area contributed by atoms with Crippen molar-refractivity contribution < 1.29 is 0 Å². The van der Waals surface area contributed by atoms with Crippen molar-refractivity contribution in [1.29, 1.82) is 0 Å². The van der Waals surface area contributed by atoms with E-state index < -0.39 is 0 Å². The van der Waals surface area contributed by atoms with E-state index in [0.717, 1.165) is 0 Å². The maximum Gasteiger partial charge on any atom is 0.0787 e. The molecule has 2 heterocycles. The van der Waals surface area contributed by atoms with Gasteiger partial charge in [-0.15, -0.1) is 0 Å². The standard InChI is InChI=1S/C24H18N2/c1-3-9-19(10-4-1)22-16-18-25-17-15-20-11-7-8-14-23(20)26(25)24(22)21-12-5-2-6-13-21/h1-18H. The normalized spacial score (nSPS) is 15.1. The average molecular weight is 334 g/mol. The van der Waals surface area contributed by atoms with Gasteiger partial charge >= 0.3 is 0 Å². The molecule has 0 bridgehead atoms. The molecular weight excluding hydrogens is 316 g/mol. The highest BCUT2D eigenvalue weighted by Gasteiger charge is 2.28. The van der Waals surface area contributed by atoms with E-state index in [9.17, 15) is 0 Å². The molecule has 2 heteroatoms. The highest BCUT2D eigenvalue weighted by Crippen LogP contribution is 2.41. The van der Waals surface area contributed by atoms with Crippen molar-refractivity contribution >= 4 is 23.0 Å². The molecule has 124 valence electrons. The lowest BCUT2D eigenvalue weighted by atomic mass is 9.96. The van der Waals surface area contributed by atoms with E-state index in [-0.39, 0.29) is 0 Å². The number of fused-ring (bicyclic) bond motifs is 3. The van der Waals surface area contributed by atoms with Crippen molar-refractivity contribution in [1.82, 2.24) is 5.01 Å². The van der Waals surface area contributed by atoms with Crippen molar-refractivity contribution in [2.45, 2.75) is 0 Å². The molecule has 0 spiro atoms. The molecule has 0 N–H and O–H groups in total. The summed E-state index contributed by atoms with van der Waals surface area (Å²) in [5.41, 5.74) is 7.24. The smallest absolute Gasteiger partial charge is 0.0787 e. The summed E-state index contributed by atoms with van der Waals surface area (Å²) < 4.78 is 0. The maximum absolute atomic E-state index is 2.30. The molecule has 0 fully saturated rings. The van der Waals surface area contributed by atoms with Gasteiger partial charge in [0.2, 0.25) is 0 Å². The monoisotopic (exact) mass is 334 g/mol. The largest absolute Gasteiger partial charge is 0.264 e. The molecule has 3 aromatic carbocycles. The lowest BCUT2D eigenvalue weighted by molar-refractivity contribution is 0.516. The van der Waals surface area contributed by atoms with Crippen LogP contribution in [0.1, 0.15) is 16.7 Å². The number of anilines is 1. The van der Waals surface area contributed by atoms with Crippen molar-refractivity contribution in [2.24, 2.45) is 0 Å². The summed E-state index contributed by atoms with van der Waals surface area (Å²) in [5.74, 6) is 0. The van der Waals surface area contributed by atoms with Gasteiger partial charge in [-0.25, -0.2) is 5.01 Å². The van der Waals surface area contributed by atoms with E-state index >= 15 is 0 Å². The van der Waals surface area contributed by atoms with Gasteiger partial charge < -0.3 is 0 Å². The molecular formula is C24H18N2. The number of nitrogens with zero attached hydrogens (tertiary/aromatic N) is 2. The van der Waals surface area contributed by atoms with Crippen molar-refractivity contribution in [2.75, 3.05) is 5.01 Å². The zero-order valence-electron chi connectivity index (χ0n) is 14.3. The Balaban J connectivity index is 1.79. The molecule has 3 aromatic rings. The van der Waals surface area contributed by atoms with Gasteiger partial charge in [-0.3, -0.25) is 5.01 Å². The van der Waals surface area contributed by atoms with Gasteiger partial charge in [0.15, 0.2) is 0 Å². The van der Waals surface area contributed by atoms with Crippen molar-refractivity contribution in [3.63, 3.8) is 0 Å². The molecule has 0 aliphatic carbocycles. The Morgan fingerprint density at radius 2 is 1.15 bits per heavy atom. The second kappa shape index (κ2) is 6.08. The summed E-state index contributed by atoms with van der Waals surface area (Å²) in [7, 11) is 0. The minimum atomic E-state index is 1.19. The van der Waals surface area contributed by atoms with E-state index in [4.69, 9.17) is 0 Å². The zero-order chi connectivity index (χ0) is 17.3. The minimum Gasteiger partial charge on any atom is -0.264 e. The van der Waals surface area contributed by atoms with Gasteiger partial charge in [-0.2, -0.15) is 0 Å². The summed E-state index contributed by atoms with van der Waals surface area (Å²) in [6, 6.07) is 29.7. The van der Waals surface area contributed by atoms with Crippen LogP contribution in [-0.2, 0) is 0 Å². The lowest BCUT2D eigenvalue weighted by Crippen LogP contribution is -2.38. The fourth-order valence-electron chi connectivity index (χ4n) is 3.59. The maximum atomic E-state index is 2.30. The topological polar surface area (TPSA) is 6.48 Å². The second-order valence-electron chi connectivity index (χ2n) is 6.38.